The number of aryl methyl sites for hydroxylation is 1. The molecule has 0 radical (unpaired) electrons. The Morgan fingerprint density at radius 1 is 1.22 bits per heavy atom. The molecule has 184 valence electrons. The minimum absolute atomic E-state index is 0.0550. The quantitative estimate of drug-likeness (QED) is 0.602. The first-order chi connectivity index (χ1) is 17.4. The third-order valence-corrected chi connectivity index (χ3v) is 7.12. The highest BCUT2D eigenvalue weighted by atomic mass is 19.1. The van der Waals surface area contributed by atoms with Gasteiger partial charge in [-0.1, -0.05) is 0 Å². The van der Waals surface area contributed by atoms with Crippen molar-refractivity contribution in [3.05, 3.63) is 53.1 Å². The summed E-state index contributed by atoms with van der Waals surface area (Å²) in [7, 11) is 0. The first-order valence-corrected chi connectivity index (χ1v) is 12.2. The molecule has 1 aromatic carbocycles. The van der Waals surface area contributed by atoms with Gasteiger partial charge in [0, 0.05) is 43.5 Å². The van der Waals surface area contributed by atoms with Crippen molar-refractivity contribution < 1.29 is 18.7 Å². The predicted octanol–water partition coefficient (Wildman–Crippen LogP) is 3.79. The predicted molar refractivity (Wildman–Crippen MR) is 129 cm³/mol. The minimum atomic E-state index is -0.491. The van der Waals surface area contributed by atoms with Gasteiger partial charge in [0.25, 0.3) is 5.91 Å². The summed E-state index contributed by atoms with van der Waals surface area (Å²) in [6.45, 7) is 3.17. The van der Waals surface area contributed by atoms with Gasteiger partial charge in [0.05, 0.1) is 29.4 Å². The number of nitriles is 1. The molecule has 1 saturated carbocycles. The Kier molecular flexibility index (Phi) is 5.29. The lowest BCUT2D eigenvalue weighted by Gasteiger charge is -2.35. The third kappa shape index (κ3) is 3.71. The van der Waals surface area contributed by atoms with Crippen LogP contribution < -0.4 is 15.0 Å². The summed E-state index contributed by atoms with van der Waals surface area (Å²) < 4.78 is 23.2. The van der Waals surface area contributed by atoms with E-state index >= 15 is 4.39 Å². The minimum Gasteiger partial charge on any atom is -0.452 e. The van der Waals surface area contributed by atoms with E-state index in [1.54, 1.807) is 45.6 Å². The fraction of sp³-hybridized carbons (Fsp3) is 0.385. The van der Waals surface area contributed by atoms with Gasteiger partial charge < -0.3 is 15.0 Å². The number of rotatable bonds is 4. The summed E-state index contributed by atoms with van der Waals surface area (Å²) in [5.74, 6) is -0.363. The molecule has 3 aliphatic rings. The van der Waals surface area contributed by atoms with Crippen LogP contribution in [0.1, 0.15) is 40.7 Å². The van der Waals surface area contributed by atoms with Crippen LogP contribution in [0.2, 0.25) is 0 Å². The second-order valence-electron chi connectivity index (χ2n) is 9.65. The lowest BCUT2D eigenvalue weighted by atomic mass is 10.0. The van der Waals surface area contributed by atoms with Crippen LogP contribution in [0.5, 0.6) is 11.5 Å². The topological polar surface area (TPSA) is 103 Å². The number of urea groups is 1. The van der Waals surface area contributed by atoms with Crippen LogP contribution in [-0.4, -0.2) is 52.1 Å². The Labute approximate surface area is 207 Å². The Bertz CT molecular complexity index is 1430. The highest BCUT2D eigenvalue weighted by Gasteiger charge is 2.33. The van der Waals surface area contributed by atoms with E-state index in [0.717, 1.165) is 12.8 Å². The van der Waals surface area contributed by atoms with E-state index in [-0.39, 0.29) is 29.6 Å². The molecule has 3 amide bonds. The first kappa shape index (κ1) is 22.3. The molecule has 2 aliphatic heterocycles. The Morgan fingerprint density at radius 3 is 2.78 bits per heavy atom. The zero-order valence-electron chi connectivity index (χ0n) is 19.8. The number of aromatic nitrogens is 2. The molecular weight excluding hydrogens is 463 g/mol. The van der Waals surface area contributed by atoms with E-state index in [4.69, 9.17) is 10.00 Å². The fourth-order valence-corrected chi connectivity index (χ4v) is 4.92. The van der Waals surface area contributed by atoms with Crippen molar-refractivity contribution in [2.75, 3.05) is 24.5 Å². The van der Waals surface area contributed by atoms with E-state index in [9.17, 15) is 9.59 Å². The highest BCUT2D eigenvalue weighted by Crippen LogP contribution is 2.38. The fourth-order valence-electron chi connectivity index (χ4n) is 4.92. The van der Waals surface area contributed by atoms with Crippen molar-refractivity contribution in [1.29, 1.82) is 5.26 Å². The number of fused-ring (bicyclic) bond motifs is 2. The summed E-state index contributed by atoms with van der Waals surface area (Å²) in [5, 5.41) is 16.3. The van der Waals surface area contributed by atoms with Crippen molar-refractivity contribution in [2.24, 2.45) is 5.92 Å². The summed E-state index contributed by atoms with van der Waals surface area (Å²) >= 11 is 0. The number of halogens is 1. The molecule has 2 fully saturated rings. The summed E-state index contributed by atoms with van der Waals surface area (Å²) in [6, 6.07) is 7.11. The smallest absolute Gasteiger partial charge is 0.322 e. The van der Waals surface area contributed by atoms with Crippen LogP contribution in [0.4, 0.5) is 14.9 Å². The van der Waals surface area contributed by atoms with Crippen molar-refractivity contribution >= 4 is 23.1 Å². The molecule has 0 unspecified atom stereocenters. The highest BCUT2D eigenvalue weighted by molar-refractivity contribution is 5.99. The van der Waals surface area contributed by atoms with Gasteiger partial charge in [0.1, 0.15) is 5.52 Å². The molecule has 6 rings (SSSR count). The summed E-state index contributed by atoms with van der Waals surface area (Å²) in [4.78, 5) is 28.8. The monoisotopic (exact) mass is 488 g/mol. The molecule has 1 saturated heterocycles. The van der Waals surface area contributed by atoms with Gasteiger partial charge in [-0.25, -0.2) is 13.7 Å². The number of amides is 3. The maximum atomic E-state index is 15.6. The van der Waals surface area contributed by atoms with Gasteiger partial charge in [0.15, 0.2) is 17.3 Å². The molecule has 0 atom stereocenters. The lowest BCUT2D eigenvalue weighted by Crippen LogP contribution is -2.49. The molecule has 1 N–H and O–H groups in total. The van der Waals surface area contributed by atoms with Crippen molar-refractivity contribution in [2.45, 2.75) is 38.6 Å². The zero-order chi connectivity index (χ0) is 25.0. The normalized spacial score (nSPS) is 17.4. The van der Waals surface area contributed by atoms with E-state index in [1.807, 2.05) is 0 Å². The van der Waals surface area contributed by atoms with E-state index in [1.165, 1.54) is 6.20 Å². The second-order valence-corrected chi connectivity index (χ2v) is 9.65. The van der Waals surface area contributed by atoms with E-state index < -0.39 is 5.82 Å². The summed E-state index contributed by atoms with van der Waals surface area (Å²) in [5.41, 5.74) is 2.74. The van der Waals surface area contributed by atoms with Gasteiger partial charge in [0.2, 0.25) is 0 Å². The maximum Gasteiger partial charge on any atom is 0.322 e. The van der Waals surface area contributed by atoms with Crippen molar-refractivity contribution in [3.63, 3.8) is 0 Å². The molecule has 4 heterocycles. The molecule has 36 heavy (non-hydrogen) atoms. The van der Waals surface area contributed by atoms with Gasteiger partial charge in [-0.15, -0.1) is 0 Å². The molecule has 10 heteroatoms. The summed E-state index contributed by atoms with van der Waals surface area (Å²) in [6.07, 6.45) is 6.32. The average molecular weight is 489 g/mol. The number of hydrogen-bond donors (Lipinski definition) is 1. The number of likely N-dealkylation sites (tertiary alicyclic amines) is 1. The number of anilines is 1. The van der Waals surface area contributed by atoms with Crippen LogP contribution in [0.25, 0.3) is 5.52 Å². The van der Waals surface area contributed by atoms with E-state index in [2.05, 4.69) is 16.5 Å². The Hall–Kier alpha value is -4.13. The van der Waals surface area contributed by atoms with Gasteiger partial charge in [-0.05, 0) is 50.3 Å². The van der Waals surface area contributed by atoms with Crippen LogP contribution in [0, 0.1) is 30.0 Å². The maximum absolute atomic E-state index is 15.6. The van der Waals surface area contributed by atoms with Crippen LogP contribution in [-0.2, 0) is 6.42 Å². The van der Waals surface area contributed by atoms with Crippen molar-refractivity contribution in [3.8, 4) is 17.6 Å². The Balaban J connectivity index is 1.30. The van der Waals surface area contributed by atoms with E-state index in [0.29, 0.717) is 66.1 Å². The zero-order valence-corrected chi connectivity index (χ0v) is 19.8. The standard InChI is InChI=1S/C26H25FN6O3/c1-15-19(25(34)31-12-16(11-28)13-31)14-33-24(15)22(8-9-29-33)36-21-7-6-20-18(23(21)27)3-2-10-32(20)26(35)30-17-4-5-17/h6-9,14,16-17H,2-5,10,12-13H2,1H3,(H,30,35). The number of benzene rings is 1. The van der Waals surface area contributed by atoms with Crippen LogP contribution >= 0.6 is 0 Å². The van der Waals surface area contributed by atoms with Crippen LogP contribution in [0.3, 0.4) is 0 Å². The molecule has 3 aromatic rings. The average Bonchev–Trinajstić information content (AvgIpc) is 3.60. The largest absolute Gasteiger partial charge is 0.452 e. The number of nitrogens with zero attached hydrogens (tertiary/aromatic N) is 5. The molecular formula is C26H25FN6O3. The molecule has 0 bridgehead atoms. The Morgan fingerprint density at radius 2 is 2.03 bits per heavy atom. The number of nitrogens with one attached hydrogen (secondary N) is 1. The molecule has 0 spiro atoms. The SMILES string of the molecule is Cc1c(C(=O)N2CC(C#N)C2)cn2nccc(Oc3ccc4c(c3F)CCCN4C(=O)NC3CC3)c12. The lowest BCUT2D eigenvalue weighted by molar-refractivity contribution is 0.0576. The molecule has 2 aromatic heterocycles. The second kappa shape index (κ2) is 8.52. The number of hydrogen-bond acceptors (Lipinski definition) is 5. The molecule has 9 nitrogen and oxygen atoms in total. The van der Waals surface area contributed by atoms with Gasteiger partial charge in [-0.2, -0.15) is 10.4 Å². The van der Waals surface area contributed by atoms with Gasteiger partial charge >= 0.3 is 6.03 Å². The number of ether oxygens (including phenoxy) is 1. The van der Waals surface area contributed by atoms with Crippen LogP contribution in [0.15, 0.2) is 30.6 Å². The number of carbonyl (C=O) groups excluding carboxylic acids is 2. The number of carbonyl (C=O) groups is 2. The van der Waals surface area contributed by atoms with Crippen molar-refractivity contribution in [1.82, 2.24) is 19.8 Å². The van der Waals surface area contributed by atoms with Gasteiger partial charge in [-0.3, -0.25) is 9.69 Å². The third-order valence-electron chi connectivity index (χ3n) is 7.12. The first-order valence-electron chi connectivity index (χ1n) is 12.2. The molecule has 1 aliphatic carbocycles.